The lowest BCUT2D eigenvalue weighted by atomic mass is 10.3. The molecule has 0 unspecified atom stereocenters. The van der Waals surface area contributed by atoms with Crippen LogP contribution < -0.4 is 5.32 Å². The molecule has 0 atom stereocenters. The number of carbonyl (C=O) groups excluding carboxylic acids is 1. The fourth-order valence-electron chi connectivity index (χ4n) is 1.01. The van der Waals surface area contributed by atoms with Gasteiger partial charge in [-0.3, -0.25) is 4.79 Å². The van der Waals surface area contributed by atoms with Gasteiger partial charge in [0.05, 0.1) is 6.20 Å². The topological polar surface area (TPSA) is 62.2 Å². The number of pyridine rings is 1. The summed E-state index contributed by atoms with van der Waals surface area (Å²) in [5, 5.41) is 11.7. The minimum absolute atomic E-state index is 0.0722. The van der Waals surface area contributed by atoms with Gasteiger partial charge in [-0.15, -0.1) is 0 Å². The van der Waals surface area contributed by atoms with Crippen LogP contribution in [0, 0.1) is 0 Å². The molecule has 1 aliphatic carbocycles. The zero-order valence-corrected chi connectivity index (χ0v) is 7.03. The van der Waals surface area contributed by atoms with E-state index >= 15 is 0 Å². The highest BCUT2D eigenvalue weighted by Crippen LogP contribution is 2.19. The second-order valence-electron chi connectivity index (χ2n) is 3.15. The van der Waals surface area contributed by atoms with E-state index in [2.05, 4.69) is 10.3 Å². The molecule has 4 nitrogen and oxygen atoms in total. The molecule has 1 aromatic rings. The maximum Gasteiger partial charge on any atom is 0.270 e. The first-order chi connectivity index (χ1) is 6.25. The number of hydrogen-bond donors (Lipinski definition) is 2. The molecule has 1 heterocycles. The Morgan fingerprint density at radius 3 is 2.85 bits per heavy atom. The largest absolute Gasteiger partial charge is 0.506 e. The summed E-state index contributed by atoms with van der Waals surface area (Å²) in [5.74, 6) is -0.0922. The van der Waals surface area contributed by atoms with Gasteiger partial charge >= 0.3 is 0 Å². The molecule has 1 aromatic heterocycles. The van der Waals surface area contributed by atoms with Crippen LogP contribution in [0.4, 0.5) is 0 Å². The summed E-state index contributed by atoms with van der Waals surface area (Å²) in [6, 6.07) is 3.30. The highest BCUT2D eigenvalue weighted by Gasteiger charge is 2.24. The maximum atomic E-state index is 11.4. The van der Waals surface area contributed by atoms with Gasteiger partial charge in [-0.1, -0.05) is 0 Å². The SMILES string of the molecule is O=C(NC1CC1)c1ccc(O)cn1. The molecule has 13 heavy (non-hydrogen) atoms. The van der Waals surface area contributed by atoms with E-state index in [0.717, 1.165) is 12.8 Å². The Morgan fingerprint density at radius 2 is 2.31 bits per heavy atom. The highest BCUT2D eigenvalue weighted by atomic mass is 16.3. The number of aromatic hydroxyl groups is 1. The van der Waals surface area contributed by atoms with Gasteiger partial charge in [-0.05, 0) is 25.0 Å². The Hall–Kier alpha value is -1.58. The van der Waals surface area contributed by atoms with Crippen molar-refractivity contribution in [2.45, 2.75) is 18.9 Å². The molecular weight excluding hydrogens is 168 g/mol. The number of nitrogens with zero attached hydrogens (tertiary/aromatic N) is 1. The molecule has 2 rings (SSSR count). The van der Waals surface area contributed by atoms with Crippen molar-refractivity contribution in [1.29, 1.82) is 0 Å². The first-order valence-corrected chi connectivity index (χ1v) is 4.21. The quantitative estimate of drug-likeness (QED) is 0.700. The molecule has 0 bridgehead atoms. The summed E-state index contributed by atoms with van der Waals surface area (Å²) in [4.78, 5) is 15.1. The summed E-state index contributed by atoms with van der Waals surface area (Å²) in [5.41, 5.74) is 0.352. The molecule has 1 saturated carbocycles. The number of amides is 1. The fourth-order valence-corrected chi connectivity index (χ4v) is 1.01. The third kappa shape index (κ3) is 1.96. The zero-order chi connectivity index (χ0) is 9.26. The van der Waals surface area contributed by atoms with Crippen LogP contribution in [0.1, 0.15) is 23.3 Å². The van der Waals surface area contributed by atoms with E-state index in [1.165, 1.54) is 18.3 Å². The summed E-state index contributed by atoms with van der Waals surface area (Å²) < 4.78 is 0. The van der Waals surface area contributed by atoms with Gasteiger partial charge in [-0.2, -0.15) is 0 Å². The molecule has 0 aliphatic heterocycles. The lowest BCUT2D eigenvalue weighted by Crippen LogP contribution is -2.26. The van der Waals surface area contributed by atoms with Crippen molar-refractivity contribution < 1.29 is 9.90 Å². The van der Waals surface area contributed by atoms with Crippen molar-refractivity contribution in [2.75, 3.05) is 0 Å². The molecule has 1 aliphatic rings. The third-order valence-electron chi connectivity index (χ3n) is 1.89. The Balaban J connectivity index is 2.05. The monoisotopic (exact) mass is 178 g/mol. The minimum atomic E-state index is -0.164. The van der Waals surface area contributed by atoms with Crippen molar-refractivity contribution in [1.82, 2.24) is 10.3 Å². The van der Waals surface area contributed by atoms with Crippen LogP contribution in [-0.2, 0) is 0 Å². The Kier molecular flexibility index (Phi) is 1.88. The Labute approximate surface area is 75.6 Å². The molecule has 1 fully saturated rings. The van der Waals surface area contributed by atoms with E-state index in [9.17, 15) is 4.79 Å². The maximum absolute atomic E-state index is 11.4. The molecule has 68 valence electrons. The van der Waals surface area contributed by atoms with Gasteiger partial charge in [-0.25, -0.2) is 4.98 Å². The zero-order valence-electron chi connectivity index (χ0n) is 7.03. The average Bonchev–Trinajstić information content (AvgIpc) is 2.89. The van der Waals surface area contributed by atoms with Gasteiger partial charge in [0.2, 0.25) is 0 Å². The lowest BCUT2D eigenvalue weighted by Gasteiger charge is -2.01. The van der Waals surface area contributed by atoms with Crippen LogP contribution in [0.25, 0.3) is 0 Å². The van der Waals surface area contributed by atoms with Crippen molar-refractivity contribution in [3.05, 3.63) is 24.0 Å². The van der Waals surface area contributed by atoms with Crippen LogP contribution in [0.2, 0.25) is 0 Å². The van der Waals surface area contributed by atoms with Crippen LogP contribution >= 0.6 is 0 Å². The first kappa shape index (κ1) is 8.04. The molecule has 0 aromatic carbocycles. The number of nitrogens with one attached hydrogen (secondary N) is 1. The second-order valence-corrected chi connectivity index (χ2v) is 3.15. The number of carbonyl (C=O) groups is 1. The predicted octanol–water partition coefficient (Wildman–Crippen LogP) is 0.679. The summed E-state index contributed by atoms with van der Waals surface area (Å²) >= 11 is 0. The van der Waals surface area contributed by atoms with E-state index in [1.807, 2.05) is 0 Å². The van der Waals surface area contributed by atoms with E-state index in [4.69, 9.17) is 5.11 Å². The molecule has 0 saturated heterocycles. The summed E-state index contributed by atoms with van der Waals surface area (Å²) in [6.45, 7) is 0. The van der Waals surface area contributed by atoms with E-state index in [-0.39, 0.29) is 11.7 Å². The number of aromatic nitrogens is 1. The van der Waals surface area contributed by atoms with Crippen LogP contribution in [0.5, 0.6) is 5.75 Å². The predicted molar refractivity (Wildman–Crippen MR) is 46.4 cm³/mol. The normalized spacial score (nSPS) is 15.4. The third-order valence-corrected chi connectivity index (χ3v) is 1.89. The van der Waals surface area contributed by atoms with Gasteiger partial charge in [0.1, 0.15) is 11.4 Å². The van der Waals surface area contributed by atoms with Crippen molar-refractivity contribution >= 4 is 5.91 Å². The average molecular weight is 178 g/mol. The van der Waals surface area contributed by atoms with Crippen LogP contribution in [0.3, 0.4) is 0 Å². The molecule has 1 amide bonds. The summed E-state index contributed by atoms with van der Waals surface area (Å²) in [7, 11) is 0. The van der Waals surface area contributed by atoms with E-state index in [0.29, 0.717) is 11.7 Å². The standard InChI is InChI=1S/C9H10N2O2/c12-7-3-4-8(10-5-7)9(13)11-6-1-2-6/h3-6,12H,1-2H2,(H,11,13). The Bertz CT molecular complexity index is 317. The van der Waals surface area contributed by atoms with Crippen molar-refractivity contribution in [2.24, 2.45) is 0 Å². The second kappa shape index (κ2) is 3.05. The molecule has 0 spiro atoms. The molecule has 4 heteroatoms. The molecule has 2 N–H and O–H groups in total. The van der Waals surface area contributed by atoms with E-state index in [1.54, 1.807) is 0 Å². The highest BCUT2D eigenvalue weighted by molar-refractivity contribution is 5.92. The first-order valence-electron chi connectivity index (χ1n) is 4.21. The lowest BCUT2D eigenvalue weighted by molar-refractivity contribution is 0.0946. The van der Waals surface area contributed by atoms with E-state index < -0.39 is 0 Å². The fraction of sp³-hybridized carbons (Fsp3) is 0.333. The van der Waals surface area contributed by atoms with Crippen molar-refractivity contribution in [3.63, 3.8) is 0 Å². The number of rotatable bonds is 2. The van der Waals surface area contributed by atoms with Gasteiger partial charge in [0.25, 0.3) is 5.91 Å². The number of hydrogen-bond acceptors (Lipinski definition) is 3. The van der Waals surface area contributed by atoms with Crippen LogP contribution in [-0.4, -0.2) is 22.0 Å². The minimum Gasteiger partial charge on any atom is -0.506 e. The van der Waals surface area contributed by atoms with Gasteiger partial charge in [0.15, 0.2) is 0 Å². The molecule has 0 radical (unpaired) electrons. The van der Waals surface area contributed by atoms with Crippen molar-refractivity contribution in [3.8, 4) is 5.75 Å². The van der Waals surface area contributed by atoms with Crippen LogP contribution in [0.15, 0.2) is 18.3 Å². The smallest absolute Gasteiger partial charge is 0.270 e. The molecular formula is C9H10N2O2. The van der Waals surface area contributed by atoms with Gasteiger partial charge < -0.3 is 10.4 Å². The Morgan fingerprint density at radius 1 is 1.54 bits per heavy atom. The van der Waals surface area contributed by atoms with Gasteiger partial charge in [0, 0.05) is 6.04 Å². The summed E-state index contributed by atoms with van der Waals surface area (Å²) in [6.07, 6.45) is 3.38.